The lowest BCUT2D eigenvalue weighted by atomic mass is 10.2. The summed E-state index contributed by atoms with van der Waals surface area (Å²) in [6.45, 7) is 1.16. The van der Waals surface area contributed by atoms with Crippen molar-refractivity contribution in [2.24, 2.45) is 0 Å². The fraction of sp³-hybridized carbons (Fsp3) is 0.136. The molecule has 0 spiro atoms. The van der Waals surface area contributed by atoms with E-state index in [0.717, 1.165) is 33.7 Å². The van der Waals surface area contributed by atoms with Gasteiger partial charge in [-0.1, -0.05) is 36.4 Å². The standard InChI is InChI=1S/C22H21N5O/c1-28-20-12-5-2-8-16(20)14-24-21-18-10-3-4-11-19(18)26-22(27-21)25-15-17-9-6-7-13-23-17/h2-13H,14-15H2,1H3,(H2,24,25,26,27). The third-order valence-electron chi connectivity index (χ3n) is 4.40. The highest BCUT2D eigenvalue weighted by Gasteiger charge is 2.09. The van der Waals surface area contributed by atoms with Crippen molar-refractivity contribution in [2.45, 2.75) is 13.1 Å². The molecule has 140 valence electrons. The predicted octanol–water partition coefficient (Wildman–Crippen LogP) is 4.26. The lowest BCUT2D eigenvalue weighted by Crippen LogP contribution is -2.09. The van der Waals surface area contributed by atoms with Gasteiger partial charge in [0.1, 0.15) is 11.6 Å². The molecule has 4 aromatic rings. The first-order valence-corrected chi connectivity index (χ1v) is 9.10. The van der Waals surface area contributed by atoms with Crippen LogP contribution in [0.5, 0.6) is 5.75 Å². The zero-order valence-corrected chi connectivity index (χ0v) is 15.6. The van der Waals surface area contributed by atoms with Gasteiger partial charge < -0.3 is 15.4 Å². The van der Waals surface area contributed by atoms with E-state index in [2.05, 4.69) is 25.6 Å². The van der Waals surface area contributed by atoms with Crippen LogP contribution in [0.15, 0.2) is 72.9 Å². The van der Waals surface area contributed by atoms with Crippen molar-refractivity contribution in [1.29, 1.82) is 0 Å². The largest absolute Gasteiger partial charge is 0.496 e. The van der Waals surface area contributed by atoms with Crippen LogP contribution in [-0.2, 0) is 13.1 Å². The molecule has 28 heavy (non-hydrogen) atoms. The molecule has 0 amide bonds. The highest BCUT2D eigenvalue weighted by Crippen LogP contribution is 2.24. The number of methoxy groups -OCH3 is 1. The monoisotopic (exact) mass is 371 g/mol. The molecule has 0 unspecified atom stereocenters. The van der Waals surface area contributed by atoms with Crippen LogP contribution in [0.3, 0.4) is 0 Å². The van der Waals surface area contributed by atoms with Crippen molar-refractivity contribution < 1.29 is 4.74 Å². The molecule has 6 nitrogen and oxygen atoms in total. The van der Waals surface area contributed by atoms with E-state index in [9.17, 15) is 0 Å². The van der Waals surface area contributed by atoms with Crippen molar-refractivity contribution in [1.82, 2.24) is 15.0 Å². The topological polar surface area (TPSA) is 72.0 Å². The van der Waals surface area contributed by atoms with Gasteiger partial charge in [0, 0.05) is 23.7 Å². The first-order chi connectivity index (χ1) is 13.8. The Kier molecular flexibility index (Phi) is 5.29. The number of nitrogens with one attached hydrogen (secondary N) is 2. The Bertz CT molecular complexity index is 1070. The number of para-hydroxylation sites is 2. The first-order valence-electron chi connectivity index (χ1n) is 9.10. The van der Waals surface area contributed by atoms with Crippen LogP contribution < -0.4 is 15.4 Å². The van der Waals surface area contributed by atoms with Crippen molar-refractivity contribution in [2.75, 3.05) is 17.7 Å². The van der Waals surface area contributed by atoms with E-state index in [1.165, 1.54) is 0 Å². The molecule has 0 aliphatic rings. The zero-order valence-electron chi connectivity index (χ0n) is 15.6. The number of hydrogen-bond donors (Lipinski definition) is 2. The summed E-state index contributed by atoms with van der Waals surface area (Å²) in [5.74, 6) is 2.19. The summed E-state index contributed by atoms with van der Waals surface area (Å²) in [6.07, 6.45) is 1.78. The number of benzene rings is 2. The van der Waals surface area contributed by atoms with Gasteiger partial charge in [-0.2, -0.15) is 4.98 Å². The van der Waals surface area contributed by atoms with Crippen LogP contribution in [0.2, 0.25) is 0 Å². The molecule has 0 bridgehead atoms. The first kappa shape index (κ1) is 17.7. The lowest BCUT2D eigenvalue weighted by Gasteiger charge is -2.13. The third kappa shape index (κ3) is 4.01. The predicted molar refractivity (Wildman–Crippen MR) is 111 cm³/mol. The number of anilines is 2. The van der Waals surface area contributed by atoms with E-state index in [-0.39, 0.29) is 0 Å². The quantitative estimate of drug-likeness (QED) is 0.506. The summed E-state index contributed by atoms with van der Waals surface area (Å²) in [7, 11) is 1.68. The number of nitrogens with zero attached hydrogens (tertiary/aromatic N) is 3. The fourth-order valence-electron chi connectivity index (χ4n) is 2.99. The molecule has 2 heterocycles. The highest BCUT2D eigenvalue weighted by molar-refractivity contribution is 5.90. The van der Waals surface area contributed by atoms with Gasteiger partial charge in [0.15, 0.2) is 0 Å². The summed E-state index contributed by atoms with van der Waals surface area (Å²) >= 11 is 0. The van der Waals surface area contributed by atoms with Gasteiger partial charge >= 0.3 is 0 Å². The SMILES string of the molecule is COc1ccccc1CNc1nc(NCc2ccccn2)nc2ccccc12. The molecule has 0 aliphatic heterocycles. The second kappa shape index (κ2) is 8.35. The summed E-state index contributed by atoms with van der Waals surface area (Å²) < 4.78 is 5.44. The minimum atomic E-state index is 0.561. The van der Waals surface area contributed by atoms with Gasteiger partial charge in [-0.25, -0.2) is 4.98 Å². The molecule has 4 rings (SSSR count). The van der Waals surface area contributed by atoms with Gasteiger partial charge in [-0.05, 0) is 30.3 Å². The van der Waals surface area contributed by atoms with Crippen LogP contribution in [0.25, 0.3) is 10.9 Å². The molecular formula is C22H21N5O. The van der Waals surface area contributed by atoms with Gasteiger partial charge in [0.2, 0.25) is 5.95 Å². The van der Waals surface area contributed by atoms with Gasteiger partial charge in [-0.15, -0.1) is 0 Å². The van der Waals surface area contributed by atoms with Crippen molar-refractivity contribution >= 4 is 22.7 Å². The molecule has 0 atom stereocenters. The molecule has 2 N–H and O–H groups in total. The van der Waals surface area contributed by atoms with Gasteiger partial charge in [0.25, 0.3) is 0 Å². The summed E-state index contributed by atoms with van der Waals surface area (Å²) in [4.78, 5) is 13.6. The van der Waals surface area contributed by atoms with Crippen LogP contribution in [0.4, 0.5) is 11.8 Å². The lowest BCUT2D eigenvalue weighted by molar-refractivity contribution is 0.410. The number of hydrogen-bond acceptors (Lipinski definition) is 6. The number of ether oxygens (including phenoxy) is 1. The summed E-state index contributed by atoms with van der Waals surface area (Å²) in [5, 5.41) is 7.67. The zero-order chi connectivity index (χ0) is 19.2. The average molecular weight is 371 g/mol. The van der Waals surface area contributed by atoms with Crippen molar-refractivity contribution in [3.8, 4) is 5.75 Å². The van der Waals surface area contributed by atoms with E-state index in [0.29, 0.717) is 19.0 Å². The van der Waals surface area contributed by atoms with Gasteiger partial charge in [0.05, 0.1) is 24.9 Å². The number of rotatable bonds is 7. The van der Waals surface area contributed by atoms with E-state index in [4.69, 9.17) is 4.74 Å². The summed E-state index contributed by atoms with van der Waals surface area (Å²) in [6, 6.07) is 21.7. The molecule has 0 saturated carbocycles. The smallest absolute Gasteiger partial charge is 0.225 e. The Labute approximate surface area is 163 Å². The molecule has 0 radical (unpaired) electrons. The van der Waals surface area contributed by atoms with E-state index >= 15 is 0 Å². The number of pyridine rings is 1. The van der Waals surface area contributed by atoms with Crippen LogP contribution in [0.1, 0.15) is 11.3 Å². The van der Waals surface area contributed by atoms with Crippen LogP contribution in [-0.4, -0.2) is 22.1 Å². The molecule has 6 heteroatoms. The van der Waals surface area contributed by atoms with Crippen LogP contribution in [0, 0.1) is 0 Å². The molecule has 0 saturated heterocycles. The van der Waals surface area contributed by atoms with Crippen molar-refractivity contribution in [3.05, 3.63) is 84.2 Å². The molecule has 0 aliphatic carbocycles. The minimum absolute atomic E-state index is 0.561. The molecule has 0 fully saturated rings. The second-order valence-corrected chi connectivity index (χ2v) is 6.25. The second-order valence-electron chi connectivity index (χ2n) is 6.25. The van der Waals surface area contributed by atoms with E-state index in [1.54, 1.807) is 13.3 Å². The number of aromatic nitrogens is 3. The van der Waals surface area contributed by atoms with Crippen molar-refractivity contribution in [3.63, 3.8) is 0 Å². The van der Waals surface area contributed by atoms with Gasteiger partial charge in [-0.3, -0.25) is 4.98 Å². The Morgan fingerprint density at radius 1 is 0.821 bits per heavy atom. The Morgan fingerprint density at radius 2 is 1.64 bits per heavy atom. The fourth-order valence-corrected chi connectivity index (χ4v) is 2.99. The third-order valence-corrected chi connectivity index (χ3v) is 4.40. The highest BCUT2D eigenvalue weighted by atomic mass is 16.5. The maximum Gasteiger partial charge on any atom is 0.225 e. The average Bonchev–Trinajstić information content (AvgIpc) is 2.77. The molecule has 2 aromatic carbocycles. The molecule has 2 aromatic heterocycles. The Morgan fingerprint density at radius 3 is 2.50 bits per heavy atom. The maximum absolute atomic E-state index is 5.44. The number of fused-ring (bicyclic) bond motifs is 1. The maximum atomic E-state index is 5.44. The van der Waals surface area contributed by atoms with E-state index < -0.39 is 0 Å². The minimum Gasteiger partial charge on any atom is -0.496 e. The Balaban J connectivity index is 1.59. The normalized spacial score (nSPS) is 10.6. The van der Waals surface area contributed by atoms with Crippen LogP contribution >= 0.6 is 0 Å². The Hall–Kier alpha value is -3.67. The van der Waals surface area contributed by atoms with E-state index in [1.807, 2.05) is 66.7 Å². The molecular weight excluding hydrogens is 350 g/mol. The summed E-state index contributed by atoms with van der Waals surface area (Å²) in [5.41, 5.74) is 2.88.